The zero-order valence-corrected chi connectivity index (χ0v) is 11.7. The van der Waals surface area contributed by atoms with Gasteiger partial charge in [0.05, 0.1) is 6.10 Å². The van der Waals surface area contributed by atoms with E-state index < -0.39 is 6.10 Å². The van der Waals surface area contributed by atoms with Crippen LogP contribution in [-0.4, -0.2) is 27.7 Å². The zero-order valence-electron chi connectivity index (χ0n) is 11.7. The lowest BCUT2D eigenvalue weighted by molar-refractivity contribution is 0.132. The summed E-state index contributed by atoms with van der Waals surface area (Å²) in [5.74, 6) is 1.22. The highest BCUT2D eigenvalue weighted by atomic mass is 16.3. The zero-order chi connectivity index (χ0) is 13.8. The highest BCUT2D eigenvalue weighted by Gasteiger charge is 2.17. The summed E-state index contributed by atoms with van der Waals surface area (Å²) in [4.78, 5) is 8.13. The molecule has 4 N–H and O–H groups in total. The van der Waals surface area contributed by atoms with E-state index in [1.165, 1.54) is 6.33 Å². The van der Waals surface area contributed by atoms with E-state index in [1.54, 1.807) is 0 Å². The molecule has 0 fully saturated rings. The van der Waals surface area contributed by atoms with E-state index in [-0.39, 0.29) is 5.41 Å². The SMILES string of the molecule is CCc1c(N)ncnc1NCC(O)CC(C)(C)C. The van der Waals surface area contributed by atoms with Crippen molar-refractivity contribution < 1.29 is 5.11 Å². The van der Waals surface area contributed by atoms with Crippen molar-refractivity contribution >= 4 is 11.6 Å². The minimum absolute atomic E-state index is 0.110. The van der Waals surface area contributed by atoms with Crippen LogP contribution in [0, 0.1) is 5.41 Å². The monoisotopic (exact) mass is 252 g/mol. The fraction of sp³-hybridized carbons (Fsp3) is 0.692. The molecular formula is C13H24N4O. The van der Waals surface area contributed by atoms with Crippen molar-refractivity contribution in [1.29, 1.82) is 0 Å². The van der Waals surface area contributed by atoms with Crippen LogP contribution >= 0.6 is 0 Å². The van der Waals surface area contributed by atoms with E-state index >= 15 is 0 Å². The molecular weight excluding hydrogens is 228 g/mol. The Hall–Kier alpha value is -1.36. The third-order valence-electron chi connectivity index (χ3n) is 2.69. The third kappa shape index (κ3) is 4.49. The lowest BCUT2D eigenvalue weighted by Gasteiger charge is -2.23. The molecule has 5 heteroatoms. The maximum absolute atomic E-state index is 9.94. The fourth-order valence-corrected chi connectivity index (χ4v) is 1.92. The summed E-state index contributed by atoms with van der Waals surface area (Å²) >= 11 is 0. The summed E-state index contributed by atoms with van der Waals surface area (Å²) in [6.45, 7) is 8.80. The maximum Gasteiger partial charge on any atom is 0.134 e. The van der Waals surface area contributed by atoms with E-state index in [4.69, 9.17) is 5.73 Å². The molecule has 0 spiro atoms. The van der Waals surface area contributed by atoms with Gasteiger partial charge in [-0.1, -0.05) is 27.7 Å². The number of hydrogen-bond acceptors (Lipinski definition) is 5. The number of anilines is 2. The third-order valence-corrected chi connectivity index (χ3v) is 2.69. The molecule has 18 heavy (non-hydrogen) atoms. The van der Waals surface area contributed by atoms with E-state index in [2.05, 4.69) is 36.1 Å². The molecule has 0 radical (unpaired) electrons. The second-order valence-electron chi connectivity index (χ2n) is 5.74. The smallest absolute Gasteiger partial charge is 0.134 e. The van der Waals surface area contributed by atoms with Gasteiger partial charge in [-0.15, -0.1) is 0 Å². The van der Waals surface area contributed by atoms with Crippen LogP contribution < -0.4 is 11.1 Å². The normalized spacial score (nSPS) is 13.4. The molecule has 0 saturated carbocycles. The van der Waals surface area contributed by atoms with Crippen molar-refractivity contribution in [2.75, 3.05) is 17.6 Å². The minimum atomic E-state index is -0.397. The molecule has 102 valence electrons. The summed E-state index contributed by atoms with van der Waals surface area (Å²) in [6.07, 6.45) is 2.55. The molecule has 0 saturated heterocycles. The molecule has 1 unspecified atom stereocenters. The van der Waals surface area contributed by atoms with Crippen molar-refractivity contribution in [1.82, 2.24) is 9.97 Å². The summed E-state index contributed by atoms with van der Waals surface area (Å²) in [5, 5.41) is 13.1. The number of nitrogen functional groups attached to an aromatic ring is 1. The molecule has 0 aliphatic rings. The Kier molecular flexibility index (Phi) is 4.90. The number of nitrogens with two attached hydrogens (primary N) is 1. The van der Waals surface area contributed by atoms with Gasteiger partial charge < -0.3 is 16.2 Å². The Bertz CT molecular complexity index is 387. The fourth-order valence-electron chi connectivity index (χ4n) is 1.92. The number of hydrogen-bond donors (Lipinski definition) is 3. The van der Waals surface area contributed by atoms with Crippen molar-refractivity contribution in [3.8, 4) is 0 Å². The van der Waals surface area contributed by atoms with Gasteiger partial charge in [0, 0.05) is 12.1 Å². The summed E-state index contributed by atoms with van der Waals surface area (Å²) in [7, 11) is 0. The van der Waals surface area contributed by atoms with Gasteiger partial charge in [-0.25, -0.2) is 9.97 Å². The summed E-state index contributed by atoms with van der Waals surface area (Å²) in [6, 6.07) is 0. The molecule has 0 bridgehead atoms. The number of aromatic nitrogens is 2. The van der Waals surface area contributed by atoms with Gasteiger partial charge in [-0.3, -0.25) is 0 Å². The van der Waals surface area contributed by atoms with E-state index in [9.17, 15) is 5.11 Å². The minimum Gasteiger partial charge on any atom is -0.391 e. The predicted octanol–water partition coefficient (Wildman–Crippen LogP) is 1.83. The van der Waals surface area contributed by atoms with E-state index in [0.29, 0.717) is 12.4 Å². The molecule has 1 atom stereocenters. The molecule has 0 amide bonds. The van der Waals surface area contributed by atoms with Crippen LogP contribution in [0.2, 0.25) is 0 Å². The molecule has 0 aromatic carbocycles. The van der Waals surface area contributed by atoms with E-state index in [0.717, 1.165) is 24.2 Å². The largest absolute Gasteiger partial charge is 0.391 e. The number of aliphatic hydroxyl groups is 1. The van der Waals surface area contributed by atoms with E-state index in [1.807, 2.05) is 6.92 Å². The Morgan fingerprint density at radius 3 is 2.61 bits per heavy atom. The van der Waals surface area contributed by atoms with Crippen LogP contribution in [0.3, 0.4) is 0 Å². The second kappa shape index (κ2) is 6.00. The number of nitrogens with zero attached hydrogens (tertiary/aromatic N) is 2. The van der Waals surface area contributed by atoms with Crippen LogP contribution in [0.4, 0.5) is 11.6 Å². The highest BCUT2D eigenvalue weighted by molar-refractivity contribution is 5.54. The van der Waals surface area contributed by atoms with Crippen molar-refractivity contribution in [2.45, 2.75) is 46.6 Å². The molecule has 1 aromatic rings. The lowest BCUT2D eigenvalue weighted by atomic mass is 9.89. The quantitative estimate of drug-likeness (QED) is 0.744. The topological polar surface area (TPSA) is 84.1 Å². The molecule has 5 nitrogen and oxygen atoms in total. The van der Waals surface area contributed by atoms with Crippen molar-refractivity contribution in [3.05, 3.63) is 11.9 Å². The molecule has 0 aliphatic heterocycles. The lowest BCUT2D eigenvalue weighted by Crippen LogP contribution is -2.26. The average molecular weight is 252 g/mol. The highest BCUT2D eigenvalue weighted by Crippen LogP contribution is 2.22. The molecule has 1 heterocycles. The van der Waals surface area contributed by atoms with Gasteiger partial charge in [-0.05, 0) is 18.3 Å². The molecule has 1 aromatic heterocycles. The van der Waals surface area contributed by atoms with Gasteiger partial charge in [-0.2, -0.15) is 0 Å². The van der Waals surface area contributed by atoms with Gasteiger partial charge in [0.1, 0.15) is 18.0 Å². The Balaban J connectivity index is 2.61. The first-order valence-electron chi connectivity index (χ1n) is 6.34. The van der Waals surface area contributed by atoms with Crippen molar-refractivity contribution in [3.63, 3.8) is 0 Å². The summed E-state index contributed by atoms with van der Waals surface area (Å²) < 4.78 is 0. The first kappa shape index (κ1) is 14.7. The standard InChI is InChI=1S/C13H24N4O/c1-5-10-11(14)16-8-17-12(10)15-7-9(18)6-13(2,3)4/h8-9,18H,5-7H2,1-4H3,(H3,14,15,16,17). The van der Waals surface area contributed by atoms with Gasteiger partial charge >= 0.3 is 0 Å². The first-order valence-corrected chi connectivity index (χ1v) is 6.34. The number of aliphatic hydroxyl groups excluding tert-OH is 1. The Morgan fingerprint density at radius 1 is 1.39 bits per heavy atom. The summed E-state index contributed by atoms with van der Waals surface area (Å²) in [5.41, 5.74) is 6.80. The van der Waals surface area contributed by atoms with Gasteiger partial charge in [0.15, 0.2) is 0 Å². The molecule has 0 aliphatic carbocycles. The van der Waals surface area contributed by atoms with Crippen LogP contribution in [-0.2, 0) is 6.42 Å². The van der Waals surface area contributed by atoms with Gasteiger partial charge in [0.2, 0.25) is 0 Å². The van der Waals surface area contributed by atoms with Crippen LogP contribution in [0.15, 0.2) is 6.33 Å². The van der Waals surface area contributed by atoms with Crippen molar-refractivity contribution in [2.24, 2.45) is 5.41 Å². The molecule has 1 rings (SSSR count). The van der Waals surface area contributed by atoms with Crippen LogP contribution in [0.1, 0.15) is 39.7 Å². The van der Waals surface area contributed by atoms with Crippen LogP contribution in [0.5, 0.6) is 0 Å². The Morgan fingerprint density at radius 2 is 2.06 bits per heavy atom. The maximum atomic E-state index is 9.94. The Labute approximate surface area is 109 Å². The number of rotatable bonds is 5. The average Bonchev–Trinajstić information content (AvgIpc) is 2.24. The second-order valence-corrected chi connectivity index (χ2v) is 5.74. The van der Waals surface area contributed by atoms with Crippen LogP contribution in [0.25, 0.3) is 0 Å². The predicted molar refractivity (Wildman–Crippen MR) is 74.4 cm³/mol. The number of nitrogens with one attached hydrogen (secondary N) is 1. The first-order chi connectivity index (χ1) is 8.33. The van der Waals surface area contributed by atoms with Gasteiger partial charge in [0.25, 0.3) is 0 Å².